The Balaban J connectivity index is 1.86. The van der Waals surface area contributed by atoms with Gasteiger partial charge in [0.25, 0.3) is 10.0 Å². The Labute approximate surface area is 143 Å². The van der Waals surface area contributed by atoms with E-state index >= 15 is 0 Å². The van der Waals surface area contributed by atoms with Crippen LogP contribution in [-0.4, -0.2) is 30.6 Å². The first-order valence-corrected chi connectivity index (χ1v) is 9.10. The van der Waals surface area contributed by atoms with Crippen molar-refractivity contribution in [3.63, 3.8) is 0 Å². The summed E-state index contributed by atoms with van der Waals surface area (Å²) >= 11 is 6.20. The molecule has 1 aromatic carbocycles. The zero-order valence-electron chi connectivity index (χ0n) is 12.4. The second-order valence-electron chi connectivity index (χ2n) is 5.30. The van der Waals surface area contributed by atoms with Gasteiger partial charge in [-0.05, 0) is 24.3 Å². The zero-order chi connectivity index (χ0) is 16.7. The molecule has 0 spiro atoms. The Kier molecular flexibility index (Phi) is 3.80. The molecule has 0 unspecified atom stereocenters. The van der Waals surface area contributed by atoms with Crippen molar-refractivity contribution >= 4 is 32.7 Å². The van der Waals surface area contributed by atoms with Gasteiger partial charge in [0.15, 0.2) is 11.9 Å². The van der Waals surface area contributed by atoms with E-state index in [1.807, 2.05) is 0 Å². The molecular formula is C16H13ClN2O4S. The van der Waals surface area contributed by atoms with Crippen molar-refractivity contribution < 1.29 is 17.9 Å². The molecule has 1 aliphatic rings. The van der Waals surface area contributed by atoms with E-state index in [0.29, 0.717) is 18.6 Å². The average Bonchev–Trinajstić information content (AvgIpc) is 3.21. The van der Waals surface area contributed by atoms with Crippen LogP contribution in [0.3, 0.4) is 0 Å². The van der Waals surface area contributed by atoms with Crippen molar-refractivity contribution in [2.75, 3.05) is 13.2 Å². The molecule has 0 atom stereocenters. The van der Waals surface area contributed by atoms with Gasteiger partial charge in [-0.2, -0.15) is 0 Å². The van der Waals surface area contributed by atoms with Crippen LogP contribution in [-0.2, 0) is 19.5 Å². The number of pyridine rings is 1. The van der Waals surface area contributed by atoms with Crippen LogP contribution in [0.2, 0.25) is 5.15 Å². The highest BCUT2D eigenvalue weighted by molar-refractivity contribution is 7.90. The van der Waals surface area contributed by atoms with Crippen molar-refractivity contribution in [1.82, 2.24) is 8.96 Å². The molecule has 1 saturated heterocycles. The number of halogens is 1. The molecular weight excluding hydrogens is 352 g/mol. The topological polar surface area (TPSA) is 70.4 Å². The quantitative estimate of drug-likeness (QED) is 0.714. The van der Waals surface area contributed by atoms with Gasteiger partial charge in [-0.15, -0.1) is 0 Å². The van der Waals surface area contributed by atoms with E-state index in [2.05, 4.69) is 4.98 Å². The van der Waals surface area contributed by atoms with Crippen LogP contribution < -0.4 is 0 Å². The fourth-order valence-electron chi connectivity index (χ4n) is 2.66. The second-order valence-corrected chi connectivity index (χ2v) is 7.48. The van der Waals surface area contributed by atoms with Gasteiger partial charge in [-0.1, -0.05) is 29.8 Å². The van der Waals surface area contributed by atoms with Crippen LogP contribution in [0.4, 0.5) is 0 Å². The average molecular weight is 365 g/mol. The van der Waals surface area contributed by atoms with Crippen molar-refractivity contribution in [2.45, 2.75) is 11.2 Å². The minimum absolute atomic E-state index is 0.0757. The van der Waals surface area contributed by atoms with E-state index in [9.17, 15) is 8.42 Å². The lowest BCUT2D eigenvalue weighted by Crippen LogP contribution is -2.13. The number of nitrogens with zero attached hydrogens (tertiary/aromatic N) is 2. The lowest BCUT2D eigenvalue weighted by Gasteiger charge is -2.10. The first-order valence-electron chi connectivity index (χ1n) is 7.28. The third-order valence-corrected chi connectivity index (χ3v) is 5.85. The molecule has 4 rings (SSSR count). The number of aromatic nitrogens is 2. The molecule has 1 fully saturated rings. The standard InChI is InChI=1S/C16H13ClN2O4S/c17-14-9-11-8-12(16-22-6-7-23-16)10-18-15(11)19(14)24(20,21)13-4-2-1-3-5-13/h1-5,8-10,16H,6-7H2. The van der Waals surface area contributed by atoms with Crippen molar-refractivity contribution in [3.8, 4) is 0 Å². The Morgan fingerprint density at radius 3 is 2.54 bits per heavy atom. The summed E-state index contributed by atoms with van der Waals surface area (Å²) in [6.07, 6.45) is 1.07. The highest BCUT2D eigenvalue weighted by Gasteiger charge is 2.25. The van der Waals surface area contributed by atoms with Crippen LogP contribution in [0.1, 0.15) is 11.9 Å². The first-order chi connectivity index (χ1) is 11.6. The van der Waals surface area contributed by atoms with Crippen LogP contribution >= 0.6 is 11.6 Å². The molecule has 0 aliphatic carbocycles. The predicted molar refractivity (Wildman–Crippen MR) is 88.4 cm³/mol. The number of rotatable bonds is 3. The van der Waals surface area contributed by atoms with E-state index in [1.54, 1.807) is 36.5 Å². The van der Waals surface area contributed by atoms with E-state index in [-0.39, 0.29) is 15.7 Å². The summed E-state index contributed by atoms with van der Waals surface area (Å²) in [7, 11) is -3.83. The summed E-state index contributed by atoms with van der Waals surface area (Å²) in [5.74, 6) is 0. The summed E-state index contributed by atoms with van der Waals surface area (Å²) in [6, 6.07) is 11.5. The fourth-order valence-corrected chi connectivity index (χ4v) is 4.51. The van der Waals surface area contributed by atoms with Crippen LogP contribution in [0, 0.1) is 0 Å². The van der Waals surface area contributed by atoms with Gasteiger partial charge >= 0.3 is 0 Å². The minimum atomic E-state index is -3.83. The van der Waals surface area contributed by atoms with Gasteiger partial charge in [0, 0.05) is 17.1 Å². The van der Waals surface area contributed by atoms with E-state index in [0.717, 1.165) is 9.54 Å². The number of fused-ring (bicyclic) bond motifs is 1. The summed E-state index contributed by atoms with van der Waals surface area (Å²) in [5.41, 5.74) is 0.997. The van der Waals surface area contributed by atoms with Crippen molar-refractivity contribution in [1.29, 1.82) is 0 Å². The van der Waals surface area contributed by atoms with E-state index in [1.165, 1.54) is 12.1 Å². The summed E-state index contributed by atoms with van der Waals surface area (Å²) in [6.45, 7) is 1.04. The molecule has 6 nitrogen and oxygen atoms in total. The summed E-state index contributed by atoms with van der Waals surface area (Å²) in [4.78, 5) is 4.43. The van der Waals surface area contributed by atoms with Crippen LogP contribution in [0.15, 0.2) is 53.6 Å². The molecule has 0 amide bonds. The third-order valence-electron chi connectivity index (χ3n) is 3.75. The number of ether oxygens (including phenoxy) is 2. The van der Waals surface area contributed by atoms with Gasteiger partial charge in [0.1, 0.15) is 5.15 Å². The first kappa shape index (κ1) is 15.6. The Morgan fingerprint density at radius 2 is 1.83 bits per heavy atom. The Bertz CT molecular complexity index is 996. The lowest BCUT2D eigenvalue weighted by molar-refractivity contribution is -0.0442. The molecule has 0 saturated carbocycles. The maximum Gasteiger partial charge on any atom is 0.270 e. The Hall–Kier alpha value is -1.93. The van der Waals surface area contributed by atoms with Crippen molar-refractivity contribution in [3.05, 3.63) is 59.4 Å². The summed E-state index contributed by atoms with van der Waals surface area (Å²) < 4.78 is 37.6. The molecule has 3 aromatic rings. The summed E-state index contributed by atoms with van der Waals surface area (Å²) in [5, 5.41) is 0.683. The third kappa shape index (κ3) is 2.50. The van der Waals surface area contributed by atoms with Gasteiger partial charge < -0.3 is 9.47 Å². The molecule has 124 valence electrons. The molecule has 0 bridgehead atoms. The molecule has 2 aromatic heterocycles. The normalized spacial score (nSPS) is 16.0. The Morgan fingerprint density at radius 1 is 1.12 bits per heavy atom. The second kappa shape index (κ2) is 5.86. The van der Waals surface area contributed by atoms with Gasteiger partial charge in [0.2, 0.25) is 0 Å². The SMILES string of the molecule is O=S(=O)(c1ccccc1)n1c(Cl)cc2cc(C3OCCO3)cnc21. The zero-order valence-corrected chi connectivity index (χ0v) is 14.0. The van der Waals surface area contributed by atoms with Gasteiger partial charge in [-0.25, -0.2) is 17.4 Å². The number of hydrogen-bond donors (Lipinski definition) is 0. The number of benzene rings is 1. The largest absolute Gasteiger partial charge is 0.346 e. The monoisotopic (exact) mass is 364 g/mol. The van der Waals surface area contributed by atoms with E-state index < -0.39 is 16.3 Å². The smallest absolute Gasteiger partial charge is 0.270 e. The molecule has 0 radical (unpaired) electrons. The highest BCUT2D eigenvalue weighted by atomic mass is 35.5. The fraction of sp³-hybridized carbons (Fsp3) is 0.188. The molecule has 8 heteroatoms. The maximum atomic E-state index is 12.9. The predicted octanol–water partition coefficient (Wildman–Crippen LogP) is 2.97. The maximum absolute atomic E-state index is 12.9. The molecule has 0 N–H and O–H groups in total. The van der Waals surface area contributed by atoms with Gasteiger partial charge in [0.05, 0.1) is 18.1 Å². The highest BCUT2D eigenvalue weighted by Crippen LogP contribution is 2.30. The van der Waals surface area contributed by atoms with Gasteiger partial charge in [-0.3, -0.25) is 0 Å². The lowest BCUT2D eigenvalue weighted by atomic mass is 10.2. The van der Waals surface area contributed by atoms with Crippen LogP contribution in [0.25, 0.3) is 11.0 Å². The molecule has 3 heterocycles. The molecule has 24 heavy (non-hydrogen) atoms. The number of hydrogen-bond acceptors (Lipinski definition) is 5. The van der Waals surface area contributed by atoms with Crippen molar-refractivity contribution in [2.24, 2.45) is 0 Å². The van der Waals surface area contributed by atoms with Crippen LogP contribution in [0.5, 0.6) is 0 Å². The minimum Gasteiger partial charge on any atom is -0.346 e. The molecule has 1 aliphatic heterocycles. The van der Waals surface area contributed by atoms with E-state index in [4.69, 9.17) is 21.1 Å².